The molecule has 2 aromatic rings. The van der Waals surface area contributed by atoms with Crippen molar-refractivity contribution in [2.45, 2.75) is 45.7 Å². The van der Waals surface area contributed by atoms with Gasteiger partial charge in [-0.15, -0.1) is 0 Å². The second-order valence-electron chi connectivity index (χ2n) is 5.67. The molecular weight excluding hydrogens is 282 g/mol. The molecule has 1 heterocycles. The van der Waals surface area contributed by atoms with Gasteiger partial charge < -0.3 is 5.32 Å². The molecule has 0 aliphatic carbocycles. The van der Waals surface area contributed by atoms with Crippen molar-refractivity contribution < 1.29 is 0 Å². The quantitative estimate of drug-likeness (QED) is 0.841. The second kappa shape index (κ2) is 7.62. The third kappa shape index (κ3) is 4.87. The van der Waals surface area contributed by atoms with Gasteiger partial charge in [-0.3, -0.25) is 4.68 Å². The molecule has 0 aliphatic heterocycles. The number of benzene rings is 1. The monoisotopic (exact) mass is 305 g/mol. The van der Waals surface area contributed by atoms with E-state index in [2.05, 4.69) is 55.6 Å². The van der Waals surface area contributed by atoms with Crippen LogP contribution in [0.3, 0.4) is 0 Å². The number of halogens is 1. The fourth-order valence-corrected chi connectivity index (χ4v) is 2.56. The maximum atomic E-state index is 5.94. The molecule has 0 spiro atoms. The molecule has 0 bridgehead atoms. The predicted octanol–water partition coefficient (Wildman–Crippen LogP) is 3.88. The lowest BCUT2D eigenvalue weighted by atomic mass is 10.0. The Morgan fingerprint density at radius 2 is 1.86 bits per heavy atom. The topological polar surface area (TPSA) is 29.9 Å². The average Bonchev–Trinajstić information content (AvgIpc) is 2.90. The number of hydrogen-bond donors (Lipinski definition) is 1. The van der Waals surface area contributed by atoms with Crippen molar-refractivity contribution in [1.82, 2.24) is 15.1 Å². The van der Waals surface area contributed by atoms with Crippen LogP contribution in [0.2, 0.25) is 5.02 Å². The fraction of sp³-hybridized carbons (Fsp3) is 0.471. The first-order chi connectivity index (χ1) is 10.1. The van der Waals surface area contributed by atoms with Gasteiger partial charge in [0.2, 0.25) is 0 Å². The van der Waals surface area contributed by atoms with Crippen LogP contribution in [-0.2, 0) is 12.8 Å². The zero-order valence-electron chi connectivity index (χ0n) is 13.0. The van der Waals surface area contributed by atoms with Crippen molar-refractivity contribution >= 4 is 11.6 Å². The first-order valence-electron chi connectivity index (χ1n) is 7.60. The third-order valence-electron chi connectivity index (χ3n) is 3.54. The van der Waals surface area contributed by atoms with Gasteiger partial charge in [0.25, 0.3) is 0 Å². The SMILES string of the molecule is CCNC(Cc1ccc(Cl)cc1)Cc1ccn(C(C)C)n1. The average molecular weight is 306 g/mol. The Morgan fingerprint density at radius 3 is 2.43 bits per heavy atom. The molecule has 4 heteroatoms. The van der Waals surface area contributed by atoms with E-state index < -0.39 is 0 Å². The Labute approximate surface area is 132 Å². The lowest BCUT2D eigenvalue weighted by Crippen LogP contribution is -2.33. The van der Waals surface area contributed by atoms with Gasteiger partial charge in [-0.25, -0.2) is 0 Å². The number of hydrogen-bond acceptors (Lipinski definition) is 2. The number of nitrogens with zero attached hydrogens (tertiary/aromatic N) is 2. The summed E-state index contributed by atoms with van der Waals surface area (Å²) in [5.74, 6) is 0. The lowest BCUT2D eigenvalue weighted by molar-refractivity contribution is 0.494. The van der Waals surface area contributed by atoms with E-state index in [0.29, 0.717) is 12.1 Å². The van der Waals surface area contributed by atoms with Crippen LogP contribution in [0.4, 0.5) is 0 Å². The lowest BCUT2D eigenvalue weighted by Gasteiger charge is -2.17. The molecule has 2 rings (SSSR count). The molecule has 0 amide bonds. The molecule has 0 saturated carbocycles. The summed E-state index contributed by atoms with van der Waals surface area (Å²) < 4.78 is 2.01. The molecule has 1 unspecified atom stereocenters. The van der Waals surface area contributed by atoms with Crippen LogP contribution in [-0.4, -0.2) is 22.4 Å². The van der Waals surface area contributed by atoms with Gasteiger partial charge in [0.05, 0.1) is 5.69 Å². The summed E-state index contributed by atoms with van der Waals surface area (Å²) in [7, 11) is 0. The van der Waals surface area contributed by atoms with Crippen molar-refractivity contribution in [3.8, 4) is 0 Å². The predicted molar refractivity (Wildman–Crippen MR) is 88.9 cm³/mol. The number of likely N-dealkylation sites (N-methyl/N-ethyl adjacent to an activating group) is 1. The fourth-order valence-electron chi connectivity index (χ4n) is 2.44. The highest BCUT2D eigenvalue weighted by Gasteiger charge is 2.12. The smallest absolute Gasteiger partial charge is 0.0640 e. The van der Waals surface area contributed by atoms with Gasteiger partial charge in [0.1, 0.15) is 0 Å². The van der Waals surface area contributed by atoms with Crippen molar-refractivity contribution in [2.75, 3.05) is 6.54 Å². The van der Waals surface area contributed by atoms with Crippen molar-refractivity contribution in [3.63, 3.8) is 0 Å². The van der Waals surface area contributed by atoms with Gasteiger partial charge in [0.15, 0.2) is 0 Å². The molecule has 3 nitrogen and oxygen atoms in total. The van der Waals surface area contributed by atoms with E-state index >= 15 is 0 Å². The minimum atomic E-state index is 0.395. The Kier molecular flexibility index (Phi) is 5.83. The first-order valence-corrected chi connectivity index (χ1v) is 7.98. The summed E-state index contributed by atoms with van der Waals surface area (Å²) in [6.45, 7) is 7.39. The highest BCUT2D eigenvalue weighted by atomic mass is 35.5. The molecule has 0 saturated heterocycles. The Balaban J connectivity index is 2.02. The molecule has 1 aromatic heterocycles. The van der Waals surface area contributed by atoms with Gasteiger partial charge in [0, 0.05) is 29.7 Å². The molecule has 0 aliphatic rings. The van der Waals surface area contributed by atoms with Crippen molar-refractivity contribution in [3.05, 3.63) is 52.8 Å². The zero-order chi connectivity index (χ0) is 15.2. The van der Waals surface area contributed by atoms with Crippen molar-refractivity contribution in [1.29, 1.82) is 0 Å². The standard InChI is InChI=1S/C17H24ClN3/c1-4-19-17(11-14-5-7-15(18)8-6-14)12-16-9-10-21(20-16)13(2)3/h5-10,13,17,19H,4,11-12H2,1-3H3. The van der Waals surface area contributed by atoms with Crippen LogP contribution in [0.25, 0.3) is 0 Å². The Morgan fingerprint density at radius 1 is 1.14 bits per heavy atom. The summed E-state index contributed by atoms with van der Waals surface area (Å²) in [5.41, 5.74) is 2.44. The normalized spacial score (nSPS) is 12.8. The van der Waals surface area contributed by atoms with E-state index in [1.165, 1.54) is 5.56 Å². The van der Waals surface area contributed by atoms with E-state index in [1.807, 2.05) is 16.8 Å². The molecule has 0 radical (unpaired) electrons. The van der Waals surface area contributed by atoms with Crippen LogP contribution in [0.15, 0.2) is 36.5 Å². The Hall–Kier alpha value is -1.32. The molecule has 21 heavy (non-hydrogen) atoms. The van der Waals surface area contributed by atoms with Gasteiger partial charge >= 0.3 is 0 Å². The highest BCUT2D eigenvalue weighted by molar-refractivity contribution is 6.30. The van der Waals surface area contributed by atoms with E-state index in [9.17, 15) is 0 Å². The summed E-state index contributed by atoms with van der Waals surface area (Å²) >= 11 is 5.94. The second-order valence-corrected chi connectivity index (χ2v) is 6.11. The van der Waals surface area contributed by atoms with E-state index in [-0.39, 0.29) is 0 Å². The zero-order valence-corrected chi connectivity index (χ0v) is 13.8. The largest absolute Gasteiger partial charge is 0.314 e. The van der Waals surface area contributed by atoms with Gasteiger partial charge in [-0.1, -0.05) is 30.7 Å². The van der Waals surface area contributed by atoms with E-state index in [1.54, 1.807) is 0 Å². The molecule has 1 N–H and O–H groups in total. The van der Waals surface area contributed by atoms with E-state index in [4.69, 9.17) is 11.6 Å². The van der Waals surface area contributed by atoms with E-state index in [0.717, 1.165) is 30.1 Å². The van der Waals surface area contributed by atoms with Crippen LogP contribution < -0.4 is 5.32 Å². The summed E-state index contributed by atoms with van der Waals surface area (Å²) in [5, 5.41) is 8.98. The van der Waals surface area contributed by atoms with Crippen LogP contribution in [0.1, 0.15) is 38.1 Å². The summed E-state index contributed by atoms with van der Waals surface area (Å²) in [4.78, 5) is 0. The molecular formula is C17H24ClN3. The van der Waals surface area contributed by atoms with Gasteiger partial charge in [-0.2, -0.15) is 5.10 Å². The van der Waals surface area contributed by atoms with Crippen molar-refractivity contribution in [2.24, 2.45) is 0 Å². The number of rotatable bonds is 7. The summed E-state index contributed by atoms with van der Waals surface area (Å²) in [6, 6.07) is 11.0. The van der Waals surface area contributed by atoms with Crippen LogP contribution >= 0.6 is 11.6 Å². The number of aromatic nitrogens is 2. The highest BCUT2D eigenvalue weighted by Crippen LogP contribution is 2.13. The Bertz CT molecular complexity index is 545. The maximum Gasteiger partial charge on any atom is 0.0640 e. The first kappa shape index (κ1) is 16.1. The minimum Gasteiger partial charge on any atom is -0.314 e. The molecule has 1 aromatic carbocycles. The number of nitrogens with one attached hydrogen (secondary N) is 1. The maximum absolute atomic E-state index is 5.94. The van der Waals surface area contributed by atoms with Crippen LogP contribution in [0.5, 0.6) is 0 Å². The minimum absolute atomic E-state index is 0.395. The van der Waals surface area contributed by atoms with Crippen LogP contribution in [0, 0.1) is 0 Å². The molecule has 1 atom stereocenters. The third-order valence-corrected chi connectivity index (χ3v) is 3.79. The molecule has 0 fully saturated rings. The summed E-state index contributed by atoms with van der Waals surface area (Å²) in [6.07, 6.45) is 3.99. The van der Waals surface area contributed by atoms with Gasteiger partial charge in [-0.05, 0) is 50.6 Å². The molecule has 114 valence electrons.